The largest absolute Gasteiger partial charge is 0.126 e. The summed E-state index contributed by atoms with van der Waals surface area (Å²) < 4.78 is 0. The van der Waals surface area contributed by atoms with E-state index in [1.807, 2.05) is 24.3 Å². The van der Waals surface area contributed by atoms with Gasteiger partial charge in [-0.3, -0.25) is 0 Å². The third-order valence-corrected chi connectivity index (χ3v) is 4.03. The van der Waals surface area contributed by atoms with Crippen LogP contribution in [0, 0.1) is 5.92 Å². The molecule has 0 N–H and O–H groups in total. The molecule has 0 bridgehead atoms. The summed E-state index contributed by atoms with van der Waals surface area (Å²) in [5.74, 6) is 1.06. The lowest BCUT2D eigenvalue weighted by Gasteiger charge is -2.14. The minimum atomic E-state index is 0.420. The molecule has 0 spiro atoms. The standard InChI is InChI=1S/C16H15Cl3/c17-11-14(9-12-1-5-15(18)6-2-12)10-13-3-7-16(19)8-4-13/h1-8,14H,9-11H2. The molecule has 0 aliphatic heterocycles. The van der Waals surface area contributed by atoms with Gasteiger partial charge in [-0.1, -0.05) is 47.5 Å². The molecule has 0 aromatic heterocycles. The van der Waals surface area contributed by atoms with Gasteiger partial charge in [-0.15, -0.1) is 11.6 Å². The molecule has 0 radical (unpaired) electrons. The Balaban J connectivity index is 2.00. The molecule has 0 aliphatic carbocycles. The van der Waals surface area contributed by atoms with Crippen LogP contribution in [-0.2, 0) is 12.8 Å². The van der Waals surface area contributed by atoms with E-state index in [0.717, 1.165) is 22.9 Å². The Bertz CT molecular complexity index is 455. The van der Waals surface area contributed by atoms with Gasteiger partial charge in [0.25, 0.3) is 0 Å². The van der Waals surface area contributed by atoms with Crippen LogP contribution in [-0.4, -0.2) is 5.88 Å². The van der Waals surface area contributed by atoms with Crippen LogP contribution in [0.1, 0.15) is 11.1 Å². The molecule has 2 aromatic rings. The Labute approximate surface area is 129 Å². The van der Waals surface area contributed by atoms with Gasteiger partial charge >= 0.3 is 0 Å². The SMILES string of the molecule is ClCC(Cc1ccc(Cl)cc1)Cc1ccc(Cl)cc1. The summed E-state index contributed by atoms with van der Waals surface area (Å²) in [4.78, 5) is 0. The summed E-state index contributed by atoms with van der Waals surface area (Å²) in [6.45, 7) is 0. The summed E-state index contributed by atoms with van der Waals surface area (Å²) in [5, 5.41) is 1.53. The molecule has 0 nitrogen and oxygen atoms in total. The fraction of sp³-hybridized carbons (Fsp3) is 0.250. The highest BCUT2D eigenvalue weighted by molar-refractivity contribution is 6.30. The van der Waals surface area contributed by atoms with Crippen molar-refractivity contribution in [2.75, 3.05) is 5.88 Å². The van der Waals surface area contributed by atoms with Crippen LogP contribution < -0.4 is 0 Å². The molecule has 0 unspecified atom stereocenters. The van der Waals surface area contributed by atoms with Gasteiger partial charge in [0.1, 0.15) is 0 Å². The van der Waals surface area contributed by atoms with E-state index in [2.05, 4.69) is 24.3 Å². The summed E-state index contributed by atoms with van der Waals surface area (Å²) in [6, 6.07) is 15.9. The van der Waals surface area contributed by atoms with Gasteiger partial charge in [0.05, 0.1) is 0 Å². The molecule has 0 fully saturated rings. The van der Waals surface area contributed by atoms with Gasteiger partial charge < -0.3 is 0 Å². The van der Waals surface area contributed by atoms with Crippen LogP contribution >= 0.6 is 34.8 Å². The third kappa shape index (κ3) is 4.72. The van der Waals surface area contributed by atoms with Crippen LogP contribution in [0.2, 0.25) is 10.0 Å². The number of benzene rings is 2. The van der Waals surface area contributed by atoms with Gasteiger partial charge in [0.15, 0.2) is 0 Å². The zero-order chi connectivity index (χ0) is 13.7. The molecule has 0 saturated carbocycles. The topological polar surface area (TPSA) is 0 Å². The van der Waals surface area contributed by atoms with Gasteiger partial charge in [-0.25, -0.2) is 0 Å². The van der Waals surface area contributed by atoms with Crippen LogP contribution in [0.25, 0.3) is 0 Å². The summed E-state index contributed by atoms with van der Waals surface area (Å²) >= 11 is 17.9. The number of halogens is 3. The first kappa shape index (κ1) is 14.7. The van der Waals surface area contributed by atoms with Crippen LogP contribution in [0.15, 0.2) is 48.5 Å². The molecule has 0 saturated heterocycles. The molecule has 2 rings (SSSR count). The van der Waals surface area contributed by atoms with Crippen molar-refractivity contribution in [3.8, 4) is 0 Å². The fourth-order valence-corrected chi connectivity index (χ4v) is 2.56. The molecule has 3 heteroatoms. The molecule has 0 heterocycles. The maximum Gasteiger partial charge on any atom is 0.0406 e. The van der Waals surface area contributed by atoms with Gasteiger partial charge in [-0.2, -0.15) is 0 Å². The first-order chi connectivity index (χ1) is 9.17. The van der Waals surface area contributed by atoms with E-state index in [9.17, 15) is 0 Å². The van der Waals surface area contributed by atoms with Crippen molar-refractivity contribution >= 4 is 34.8 Å². The smallest absolute Gasteiger partial charge is 0.0406 e. The second-order valence-corrected chi connectivity index (χ2v) is 5.86. The van der Waals surface area contributed by atoms with E-state index in [-0.39, 0.29) is 0 Å². The summed E-state index contributed by atoms with van der Waals surface area (Å²) in [7, 11) is 0. The highest BCUT2D eigenvalue weighted by Gasteiger charge is 2.10. The monoisotopic (exact) mass is 312 g/mol. The Morgan fingerprint density at radius 2 is 1.05 bits per heavy atom. The molecule has 19 heavy (non-hydrogen) atoms. The normalized spacial score (nSPS) is 10.9. The van der Waals surface area contributed by atoms with E-state index in [0.29, 0.717) is 11.8 Å². The predicted octanol–water partition coefficient (Wildman–Crippen LogP) is 5.63. The lowest BCUT2D eigenvalue weighted by atomic mass is 9.94. The van der Waals surface area contributed by atoms with Crippen LogP contribution in [0.3, 0.4) is 0 Å². The Morgan fingerprint density at radius 1 is 0.684 bits per heavy atom. The van der Waals surface area contributed by atoms with E-state index < -0.39 is 0 Å². The van der Waals surface area contributed by atoms with Crippen molar-refractivity contribution in [3.05, 3.63) is 69.7 Å². The van der Waals surface area contributed by atoms with Crippen molar-refractivity contribution in [1.29, 1.82) is 0 Å². The predicted molar refractivity (Wildman–Crippen MR) is 84.5 cm³/mol. The zero-order valence-electron chi connectivity index (χ0n) is 10.5. The van der Waals surface area contributed by atoms with Gasteiger partial charge in [0, 0.05) is 15.9 Å². The zero-order valence-corrected chi connectivity index (χ0v) is 12.7. The minimum absolute atomic E-state index is 0.420. The van der Waals surface area contributed by atoms with Gasteiger partial charge in [-0.05, 0) is 54.2 Å². The van der Waals surface area contributed by atoms with Crippen molar-refractivity contribution in [3.63, 3.8) is 0 Å². The Hall–Kier alpha value is -0.690. The average Bonchev–Trinajstić information content (AvgIpc) is 2.43. The number of hydrogen-bond acceptors (Lipinski definition) is 0. The molecule has 100 valence electrons. The first-order valence-electron chi connectivity index (χ1n) is 6.22. The van der Waals surface area contributed by atoms with Crippen LogP contribution in [0.4, 0.5) is 0 Å². The number of hydrogen-bond donors (Lipinski definition) is 0. The number of rotatable bonds is 5. The fourth-order valence-electron chi connectivity index (χ4n) is 2.09. The Morgan fingerprint density at radius 3 is 1.37 bits per heavy atom. The summed E-state index contributed by atoms with van der Waals surface area (Å²) in [5.41, 5.74) is 2.54. The first-order valence-corrected chi connectivity index (χ1v) is 7.51. The second kappa shape index (κ2) is 7.19. The van der Waals surface area contributed by atoms with E-state index in [4.69, 9.17) is 34.8 Å². The molecular weight excluding hydrogens is 299 g/mol. The van der Waals surface area contributed by atoms with E-state index in [1.54, 1.807) is 0 Å². The molecule has 0 atom stereocenters. The molecular formula is C16H15Cl3. The molecule has 0 amide bonds. The molecule has 2 aromatic carbocycles. The highest BCUT2D eigenvalue weighted by atomic mass is 35.5. The second-order valence-electron chi connectivity index (χ2n) is 4.68. The summed E-state index contributed by atoms with van der Waals surface area (Å²) in [6.07, 6.45) is 1.92. The molecule has 0 aliphatic rings. The van der Waals surface area contributed by atoms with E-state index in [1.165, 1.54) is 11.1 Å². The minimum Gasteiger partial charge on any atom is -0.126 e. The Kier molecular flexibility index (Phi) is 5.57. The van der Waals surface area contributed by atoms with Crippen molar-refractivity contribution < 1.29 is 0 Å². The lowest BCUT2D eigenvalue weighted by molar-refractivity contribution is 0.584. The number of alkyl halides is 1. The van der Waals surface area contributed by atoms with Crippen molar-refractivity contribution in [1.82, 2.24) is 0 Å². The maximum absolute atomic E-state index is 6.08. The van der Waals surface area contributed by atoms with Crippen molar-refractivity contribution in [2.24, 2.45) is 5.92 Å². The quantitative estimate of drug-likeness (QED) is 0.627. The van der Waals surface area contributed by atoms with Crippen molar-refractivity contribution in [2.45, 2.75) is 12.8 Å². The highest BCUT2D eigenvalue weighted by Crippen LogP contribution is 2.19. The lowest BCUT2D eigenvalue weighted by Crippen LogP contribution is -2.10. The average molecular weight is 314 g/mol. The third-order valence-electron chi connectivity index (χ3n) is 3.09. The maximum atomic E-state index is 6.08. The van der Waals surface area contributed by atoms with E-state index >= 15 is 0 Å². The van der Waals surface area contributed by atoms with Gasteiger partial charge in [0.2, 0.25) is 0 Å². The van der Waals surface area contributed by atoms with Crippen LogP contribution in [0.5, 0.6) is 0 Å².